The van der Waals surface area contributed by atoms with E-state index in [2.05, 4.69) is 9.97 Å². The first-order valence-electron chi connectivity index (χ1n) is 6.71. The van der Waals surface area contributed by atoms with Gasteiger partial charge in [-0.2, -0.15) is 0 Å². The third kappa shape index (κ3) is 2.52. The maximum absolute atomic E-state index is 5.63. The van der Waals surface area contributed by atoms with Crippen LogP contribution in [0.5, 0.6) is 0 Å². The van der Waals surface area contributed by atoms with Gasteiger partial charge in [0.2, 0.25) is 0 Å². The molecule has 0 saturated heterocycles. The van der Waals surface area contributed by atoms with Crippen LogP contribution in [0.2, 0.25) is 0 Å². The first-order chi connectivity index (χ1) is 9.81. The van der Waals surface area contributed by atoms with Crippen LogP contribution in [0.4, 0.5) is 0 Å². The van der Waals surface area contributed by atoms with E-state index in [1.807, 2.05) is 44.2 Å². The Morgan fingerprint density at radius 2 is 1.65 bits per heavy atom. The van der Waals surface area contributed by atoms with E-state index >= 15 is 0 Å². The van der Waals surface area contributed by atoms with Crippen molar-refractivity contribution in [1.82, 2.24) is 9.97 Å². The van der Waals surface area contributed by atoms with Crippen LogP contribution in [0.15, 0.2) is 30.3 Å². The predicted molar refractivity (Wildman–Crippen MR) is 80.9 cm³/mol. The summed E-state index contributed by atoms with van der Waals surface area (Å²) < 4.78 is 11.3. The van der Waals surface area contributed by atoms with Crippen LogP contribution in [0.1, 0.15) is 25.0 Å². The van der Waals surface area contributed by atoms with Gasteiger partial charge in [-0.1, -0.05) is 12.1 Å². The molecule has 104 valence electrons. The van der Waals surface area contributed by atoms with Crippen LogP contribution in [-0.2, 0) is 9.47 Å². The van der Waals surface area contributed by atoms with Gasteiger partial charge in [-0.15, -0.1) is 11.3 Å². The van der Waals surface area contributed by atoms with Crippen LogP contribution in [-0.4, -0.2) is 23.2 Å². The molecule has 0 amide bonds. The summed E-state index contributed by atoms with van der Waals surface area (Å²) in [6.45, 7) is 5.15. The lowest BCUT2D eigenvalue weighted by atomic mass is 10.3. The van der Waals surface area contributed by atoms with Crippen molar-refractivity contribution in [3.63, 3.8) is 0 Å². The lowest BCUT2D eigenvalue weighted by molar-refractivity contribution is -0.138. The van der Waals surface area contributed by atoms with Crippen LogP contribution in [0.3, 0.4) is 0 Å². The van der Waals surface area contributed by atoms with Crippen molar-refractivity contribution in [3.8, 4) is 0 Å². The highest BCUT2D eigenvalue weighted by molar-refractivity contribution is 7.18. The topological polar surface area (TPSA) is 44.2 Å². The molecule has 0 aliphatic rings. The molecule has 4 nitrogen and oxygen atoms in total. The Hall–Kier alpha value is -1.56. The SMILES string of the molecule is CCOC(OCC)c1cc2nc3ccccc3nc2s1. The Balaban J connectivity index is 2.06. The second-order valence-electron chi connectivity index (χ2n) is 4.29. The third-order valence-corrected chi connectivity index (χ3v) is 3.97. The highest BCUT2D eigenvalue weighted by atomic mass is 32.1. The van der Waals surface area contributed by atoms with Gasteiger partial charge in [-0.05, 0) is 32.0 Å². The Kier molecular flexibility index (Phi) is 3.91. The van der Waals surface area contributed by atoms with Crippen molar-refractivity contribution in [3.05, 3.63) is 35.2 Å². The van der Waals surface area contributed by atoms with E-state index in [1.54, 1.807) is 11.3 Å². The summed E-state index contributed by atoms with van der Waals surface area (Å²) in [6, 6.07) is 9.90. The Morgan fingerprint density at radius 3 is 2.30 bits per heavy atom. The fraction of sp³-hybridized carbons (Fsp3) is 0.333. The minimum Gasteiger partial charge on any atom is -0.348 e. The number of rotatable bonds is 5. The van der Waals surface area contributed by atoms with Crippen LogP contribution < -0.4 is 0 Å². The molecule has 0 unspecified atom stereocenters. The van der Waals surface area contributed by atoms with Crippen molar-refractivity contribution >= 4 is 32.7 Å². The summed E-state index contributed by atoms with van der Waals surface area (Å²) in [5, 5.41) is 0. The van der Waals surface area contributed by atoms with E-state index in [0.29, 0.717) is 13.2 Å². The number of aromatic nitrogens is 2. The average molecular weight is 288 g/mol. The molecule has 0 fully saturated rings. The maximum Gasteiger partial charge on any atom is 0.193 e. The number of benzene rings is 1. The fourth-order valence-corrected chi connectivity index (χ4v) is 3.05. The first kappa shape index (κ1) is 13.4. The van der Waals surface area contributed by atoms with Crippen molar-refractivity contribution in [2.75, 3.05) is 13.2 Å². The van der Waals surface area contributed by atoms with E-state index in [1.165, 1.54) is 0 Å². The zero-order valence-electron chi connectivity index (χ0n) is 11.5. The fourth-order valence-electron chi connectivity index (χ4n) is 2.07. The number of hydrogen-bond acceptors (Lipinski definition) is 5. The molecule has 20 heavy (non-hydrogen) atoms. The zero-order valence-corrected chi connectivity index (χ0v) is 12.3. The molecule has 3 rings (SSSR count). The molecular weight excluding hydrogens is 272 g/mol. The largest absolute Gasteiger partial charge is 0.348 e. The molecule has 0 aliphatic carbocycles. The van der Waals surface area contributed by atoms with Gasteiger partial charge in [0.15, 0.2) is 6.29 Å². The summed E-state index contributed by atoms with van der Waals surface area (Å²) in [6.07, 6.45) is -0.325. The molecule has 1 aromatic carbocycles. The van der Waals surface area contributed by atoms with Gasteiger partial charge >= 0.3 is 0 Å². The predicted octanol–water partition coefficient (Wildman–Crippen LogP) is 3.92. The molecule has 0 spiro atoms. The van der Waals surface area contributed by atoms with Gasteiger partial charge < -0.3 is 9.47 Å². The van der Waals surface area contributed by atoms with E-state index in [0.717, 1.165) is 26.3 Å². The Morgan fingerprint density at radius 1 is 1.00 bits per heavy atom. The summed E-state index contributed by atoms with van der Waals surface area (Å²) in [5.41, 5.74) is 2.72. The van der Waals surface area contributed by atoms with E-state index in [4.69, 9.17) is 9.47 Å². The van der Waals surface area contributed by atoms with Crippen LogP contribution >= 0.6 is 11.3 Å². The smallest absolute Gasteiger partial charge is 0.193 e. The minimum atomic E-state index is -0.325. The Labute approximate surface area is 121 Å². The molecule has 0 N–H and O–H groups in total. The highest BCUT2D eigenvalue weighted by Crippen LogP contribution is 2.31. The van der Waals surface area contributed by atoms with Crippen molar-refractivity contribution in [2.24, 2.45) is 0 Å². The molecule has 2 heterocycles. The zero-order chi connectivity index (χ0) is 13.9. The molecule has 3 aromatic rings. The molecule has 5 heteroatoms. The third-order valence-electron chi connectivity index (χ3n) is 2.93. The van der Waals surface area contributed by atoms with Crippen molar-refractivity contribution < 1.29 is 9.47 Å². The summed E-state index contributed by atoms with van der Waals surface area (Å²) in [4.78, 5) is 11.2. The van der Waals surface area contributed by atoms with Gasteiger partial charge in [0, 0.05) is 13.2 Å². The number of nitrogens with zero attached hydrogens (tertiary/aromatic N) is 2. The molecule has 0 radical (unpaired) electrons. The Bertz CT molecular complexity index is 668. The van der Waals surface area contributed by atoms with Crippen molar-refractivity contribution in [1.29, 1.82) is 0 Å². The number of para-hydroxylation sites is 2. The molecule has 0 bridgehead atoms. The van der Waals surface area contributed by atoms with E-state index in [-0.39, 0.29) is 6.29 Å². The summed E-state index contributed by atoms with van der Waals surface area (Å²) >= 11 is 1.58. The number of hydrogen-bond donors (Lipinski definition) is 0. The van der Waals surface area contributed by atoms with Gasteiger partial charge in [0.1, 0.15) is 10.3 Å². The quantitative estimate of drug-likeness (QED) is 0.668. The van der Waals surface area contributed by atoms with E-state index < -0.39 is 0 Å². The van der Waals surface area contributed by atoms with Crippen LogP contribution in [0.25, 0.3) is 21.4 Å². The van der Waals surface area contributed by atoms with Gasteiger partial charge in [0.05, 0.1) is 15.9 Å². The standard InChI is InChI=1S/C15H16N2O2S/c1-3-18-15(19-4-2)13-9-12-14(20-13)17-11-8-6-5-7-10(11)16-12/h5-9,15H,3-4H2,1-2H3. The normalized spacial score (nSPS) is 11.8. The lowest BCUT2D eigenvalue weighted by Gasteiger charge is -2.14. The number of ether oxygens (including phenoxy) is 2. The number of fused-ring (bicyclic) bond motifs is 2. The second kappa shape index (κ2) is 5.83. The lowest BCUT2D eigenvalue weighted by Crippen LogP contribution is -2.06. The van der Waals surface area contributed by atoms with Crippen molar-refractivity contribution in [2.45, 2.75) is 20.1 Å². The van der Waals surface area contributed by atoms with Gasteiger partial charge in [0.25, 0.3) is 0 Å². The minimum absolute atomic E-state index is 0.325. The second-order valence-corrected chi connectivity index (χ2v) is 5.36. The summed E-state index contributed by atoms with van der Waals surface area (Å²) in [7, 11) is 0. The summed E-state index contributed by atoms with van der Waals surface area (Å²) in [5.74, 6) is 0. The molecular formula is C15H16N2O2S. The number of thiophene rings is 1. The first-order valence-corrected chi connectivity index (χ1v) is 7.53. The molecule has 0 aliphatic heterocycles. The average Bonchev–Trinajstić information content (AvgIpc) is 2.87. The monoisotopic (exact) mass is 288 g/mol. The van der Waals surface area contributed by atoms with Crippen LogP contribution in [0, 0.1) is 0 Å². The highest BCUT2D eigenvalue weighted by Gasteiger charge is 2.16. The molecule has 2 aromatic heterocycles. The van der Waals surface area contributed by atoms with Gasteiger partial charge in [-0.25, -0.2) is 9.97 Å². The molecule has 0 atom stereocenters. The van der Waals surface area contributed by atoms with E-state index in [9.17, 15) is 0 Å². The maximum atomic E-state index is 5.63. The molecule has 0 saturated carbocycles. The van der Waals surface area contributed by atoms with Gasteiger partial charge in [-0.3, -0.25) is 0 Å².